The Morgan fingerprint density at radius 3 is 2.48 bits per heavy atom. The van der Waals surface area contributed by atoms with Gasteiger partial charge in [-0.15, -0.1) is 11.3 Å². The summed E-state index contributed by atoms with van der Waals surface area (Å²) in [5, 5.41) is 7.72. The fourth-order valence-corrected chi connectivity index (χ4v) is 3.73. The normalized spacial score (nSPS) is 13.1. The summed E-state index contributed by atoms with van der Waals surface area (Å²) < 4.78 is 5.52. The Bertz CT molecular complexity index is 893. The molecule has 1 aromatic carbocycles. The van der Waals surface area contributed by atoms with Crippen molar-refractivity contribution < 1.29 is 18.9 Å². The van der Waals surface area contributed by atoms with Gasteiger partial charge in [0, 0.05) is 6.42 Å². The van der Waals surface area contributed by atoms with Crippen LogP contribution in [-0.4, -0.2) is 38.5 Å². The van der Waals surface area contributed by atoms with E-state index < -0.39 is 6.04 Å². The van der Waals surface area contributed by atoms with E-state index in [-0.39, 0.29) is 17.9 Å². The van der Waals surface area contributed by atoms with Crippen LogP contribution in [0.5, 0.6) is 0 Å². The van der Waals surface area contributed by atoms with Crippen LogP contribution in [0.4, 0.5) is 0 Å². The molecule has 0 aliphatic heterocycles. The number of furan rings is 1. The van der Waals surface area contributed by atoms with Crippen LogP contribution in [0.2, 0.25) is 0 Å². The van der Waals surface area contributed by atoms with Crippen LogP contribution in [0.25, 0.3) is 0 Å². The lowest BCUT2D eigenvalue weighted by molar-refractivity contribution is -0.891. The number of nitrogens with one attached hydrogen (secondary N) is 3. The van der Waals surface area contributed by atoms with Crippen molar-refractivity contribution in [3.63, 3.8) is 0 Å². The van der Waals surface area contributed by atoms with Gasteiger partial charge < -0.3 is 20.0 Å². The number of quaternary nitrogens is 1. The van der Waals surface area contributed by atoms with Gasteiger partial charge in [-0.05, 0) is 29.1 Å². The Balaban J connectivity index is 1.70. The molecule has 3 N–H and O–H groups in total. The van der Waals surface area contributed by atoms with Crippen molar-refractivity contribution in [2.45, 2.75) is 18.5 Å². The second-order valence-electron chi connectivity index (χ2n) is 7.08. The smallest absolute Gasteiger partial charge is 0.262 e. The molecule has 29 heavy (non-hydrogen) atoms. The van der Waals surface area contributed by atoms with Gasteiger partial charge in [-0.3, -0.25) is 9.59 Å². The van der Waals surface area contributed by atoms with Gasteiger partial charge in [0.1, 0.15) is 6.04 Å². The highest BCUT2D eigenvalue weighted by atomic mass is 32.1. The third-order valence-corrected chi connectivity index (χ3v) is 5.58. The standard InChI is InChI=1S/C22H25N3O3S/c1-25(2)18(19-10-6-12-28-19)15-23-21(26)17(14-16-8-4-3-5-9-16)24-22(27)20-11-7-13-29-20/h3-13,17-18H,14-15H2,1-2H3,(H,23,26)(H,24,27)/p+1/t17-,18+/m0/s1. The van der Waals surface area contributed by atoms with Gasteiger partial charge in [-0.1, -0.05) is 36.4 Å². The Labute approximate surface area is 174 Å². The first-order valence-corrected chi connectivity index (χ1v) is 10.4. The van der Waals surface area contributed by atoms with Crippen LogP contribution in [-0.2, 0) is 11.2 Å². The van der Waals surface area contributed by atoms with Gasteiger partial charge in [0.2, 0.25) is 5.91 Å². The van der Waals surface area contributed by atoms with Gasteiger partial charge in [0.15, 0.2) is 11.8 Å². The summed E-state index contributed by atoms with van der Waals surface area (Å²) >= 11 is 1.35. The highest BCUT2D eigenvalue weighted by Gasteiger charge is 2.26. The fraction of sp³-hybridized carbons (Fsp3) is 0.273. The van der Waals surface area contributed by atoms with Gasteiger partial charge in [-0.25, -0.2) is 0 Å². The first-order chi connectivity index (χ1) is 14.0. The van der Waals surface area contributed by atoms with E-state index >= 15 is 0 Å². The number of rotatable bonds is 9. The molecule has 2 heterocycles. The highest BCUT2D eigenvalue weighted by molar-refractivity contribution is 7.12. The SMILES string of the molecule is C[NH+](C)[C@H](CNC(=O)[C@H](Cc1ccccc1)NC(=O)c1cccs1)c1ccco1. The zero-order valence-corrected chi connectivity index (χ0v) is 17.4. The maximum Gasteiger partial charge on any atom is 0.262 e. The average Bonchev–Trinajstić information content (AvgIpc) is 3.42. The number of thiophene rings is 1. The lowest BCUT2D eigenvalue weighted by Crippen LogP contribution is -3.07. The van der Waals surface area contributed by atoms with E-state index in [9.17, 15) is 9.59 Å². The molecule has 0 spiro atoms. The van der Waals surface area contributed by atoms with Crippen LogP contribution in [0.15, 0.2) is 70.7 Å². The summed E-state index contributed by atoms with van der Waals surface area (Å²) in [5.74, 6) is 0.362. The quantitative estimate of drug-likeness (QED) is 0.501. The third-order valence-electron chi connectivity index (χ3n) is 4.71. The lowest BCUT2D eigenvalue weighted by atomic mass is 10.0. The molecule has 0 unspecified atom stereocenters. The molecule has 0 radical (unpaired) electrons. The summed E-state index contributed by atoms with van der Waals surface area (Å²) in [4.78, 5) is 27.3. The van der Waals surface area contributed by atoms with Crippen molar-refractivity contribution in [2.75, 3.05) is 20.6 Å². The van der Waals surface area contributed by atoms with Gasteiger partial charge in [-0.2, -0.15) is 0 Å². The van der Waals surface area contributed by atoms with Gasteiger partial charge in [0.05, 0.1) is 31.8 Å². The lowest BCUT2D eigenvalue weighted by Gasteiger charge is -2.22. The largest absolute Gasteiger partial charge is 0.463 e. The van der Waals surface area contributed by atoms with Gasteiger partial charge >= 0.3 is 0 Å². The summed E-state index contributed by atoms with van der Waals surface area (Å²) in [6.07, 6.45) is 2.05. The van der Waals surface area contributed by atoms with Crippen molar-refractivity contribution in [3.05, 3.63) is 82.4 Å². The van der Waals surface area contributed by atoms with Crippen LogP contribution in [0.1, 0.15) is 27.0 Å². The number of hydrogen-bond donors (Lipinski definition) is 3. The molecule has 2 amide bonds. The Morgan fingerprint density at radius 1 is 1.07 bits per heavy atom. The number of likely N-dealkylation sites (N-methyl/N-ethyl adjacent to an activating group) is 1. The minimum absolute atomic E-state index is 0.0145. The number of benzene rings is 1. The number of amides is 2. The maximum atomic E-state index is 13.0. The molecule has 0 aliphatic rings. The first kappa shape index (κ1) is 20.8. The molecule has 6 nitrogen and oxygen atoms in total. The van der Waals surface area contributed by atoms with E-state index in [0.29, 0.717) is 17.8 Å². The molecule has 7 heteroatoms. The predicted molar refractivity (Wildman–Crippen MR) is 113 cm³/mol. The molecule has 3 aromatic rings. The fourth-order valence-electron chi connectivity index (χ4n) is 3.10. The van der Waals surface area contributed by atoms with Gasteiger partial charge in [0.25, 0.3) is 5.91 Å². The second-order valence-corrected chi connectivity index (χ2v) is 8.03. The van der Waals surface area contributed by atoms with Crippen molar-refractivity contribution in [2.24, 2.45) is 0 Å². The molecular weight excluding hydrogens is 386 g/mol. The zero-order chi connectivity index (χ0) is 20.6. The third kappa shape index (κ3) is 5.79. The van der Waals surface area contributed by atoms with Crippen LogP contribution in [0, 0.1) is 0 Å². The summed E-state index contributed by atoms with van der Waals surface area (Å²) in [6, 6.07) is 16.3. The molecule has 0 saturated carbocycles. The highest BCUT2D eigenvalue weighted by Crippen LogP contribution is 2.11. The van der Waals surface area contributed by atoms with E-state index in [0.717, 1.165) is 16.2 Å². The van der Waals surface area contributed by atoms with E-state index in [1.165, 1.54) is 11.3 Å². The van der Waals surface area contributed by atoms with Crippen LogP contribution in [0.3, 0.4) is 0 Å². The summed E-state index contributed by atoms with van der Waals surface area (Å²) in [7, 11) is 4.03. The number of carbonyl (C=O) groups excluding carboxylic acids is 2. The minimum atomic E-state index is -0.665. The molecule has 0 saturated heterocycles. The summed E-state index contributed by atoms with van der Waals surface area (Å²) in [6.45, 7) is 0.412. The molecule has 0 fully saturated rings. The topological polar surface area (TPSA) is 75.8 Å². The molecule has 152 valence electrons. The van der Waals surface area contributed by atoms with E-state index in [2.05, 4.69) is 10.6 Å². The van der Waals surface area contributed by atoms with E-state index in [1.807, 2.05) is 68.0 Å². The van der Waals surface area contributed by atoms with Crippen molar-refractivity contribution in [1.82, 2.24) is 10.6 Å². The van der Waals surface area contributed by atoms with Crippen molar-refractivity contribution in [1.29, 1.82) is 0 Å². The Hall–Kier alpha value is -2.90. The first-order valence-electron chi connectivity index (χ1n) is 9.54. The predicted octanol–water partition coefficient (Wildman–Crippen LogP) is 1.68. The second kappa shape index (κ2) is 10.0. The minimum Gasteiger partial charge on any atom is -0.463 e. The summed E-state index contributed by atoms with van der Waals surface area (Å²) in [5.41, 5.74) is 0.986. The molecule has 0 aliphatic carbocycles. The maximum absolute atomic E-state index is 13.0. The van der Waals surface area contributed by atoms with Crippen molar-refractivity contribution >= 4 is 23.2 Å². The van der Waals surface area contributed by atoms with Crippen LogP contribution < -0.4 is 15.5 Å². The monoisotopic (exact) mass is 412 g/mol. The Kier molecular flexibility index (Phi) is 7.21. The number of hydrogen-bond acceptors (Lipinski definition) is 4. The molecular formula is C22H26N3O3S+. The van der Waals surface area contributed by atoms with E-state index in [1.54, 1.807) is 12.3 Å². The molecule has 3 rings (SSSR count). The number of carbonyl (C=O) groups is 2. The molecule has 0 bridgehead atoms. The van der Waals surface area contributed by atoms with Crippen LogP contribution >= 0.6 is 11.3 Å². The Morgan fingerprint density at radius 2 is 1.86 bits per heavy atom. The zero-order valence-electron chi connectivity index (χ0n) is 16.6. The van der Waals surface area contributed by atoms with E-state index in [4.69, 9.17) is 4.42 Å². The average molecular weight is 413 g/mol. The molecule has 2 atom stereocenters. The molecule has 2 aromatic heterocycles. The van der Waals surface area contributed by atoms with Crippen molar-refractivity contribution in [3.8, 4) is 0 Å².